The van der Waals surface area contributed by atoms with Gasteiger partial charge in [-0.1, -0.05) is 0 Å². The lowest BCUT2D eigenvalue weighted by Crippen LogP contribution is -2.10. The third-order valence-electron chi connectivity index (χ3n) is 3.44. The van der Waals surface area contributed by atoms with E-state index in [0.29, 0.717) is 25.2 Å². The van der Waals surface area contributed by atoms with Gasteiger partial charge >= 0.3 is 5.97 Å². The third kappa shape index (κ3) is 7.29. The van der Waals surface area contributed by atoms with Crippen molar-refractivity contribution in [2.45, 2.75) is 12.8 Å². The quantitative estimate of drug-likeness (QED) is 0.210. The number of hydrogen-bond acceptors (Lipinski definition) is 5. The van der Waals surface area contributed by atoms with Crippen LogP contribution in [0.2, 0.25) is 0 Å². The molecular formula is C18H16I4O5. The van der Waals surface area contributed by atoms with Gasteiger partial charge in [-0.2, -0.15) is 0 Å². The molecule has 27 heavy (non-hydrogen) atoms. The first-order valence-corrected chi connectivity index (χ1v) is 12.1. The second-order valence-corrected chi connectivity index (χ2v) is 10.1. The molecule has 2 aromatic rings. The number of halogens is 4. The number of methoxy groups -OCH3 is 1. The lowest BCUT2D eigenvalue weighted by atomic mass is 10.1. The van der Waals surface area contributed by atoms with Crippen molar-refractivity contribution in [1.29, 1.82) is 0 Å². The molecule has 9 heteroatoms. The van der Waals surface area contributed by atoms with Crippen LogP contribution in [0.4, 0.5) is 0 Å². The molecule has 0 saturated carbocycles. The molecule has 0 spiro atoms. The van der Waals surface area contributed by atoms with Crippen LogP contribution < -0.4 is 4.74 Å². The van der Waals surface area contributed by atoms with Crippen molar-refractivity contribution in [3.8, 4) is 17.2 Å². The Balaban J connectivity index is 2.07. The first-order valence-electron chi connectivity index (χ1n) is 7.80. The summed E-state index contributed by atoms with van der Waals surface area (Å²) in [4.78, 5) is 11.7. The highest BCUT2D eigenvalue weighted by molar-refractivity contribution is 14.1. The van der Waals surface area contributed by atoms with Crippen LogP contribution in [0.1, 0.15) is 12.0 Å². The maximum atomic E-state index is 11.7. The molecule has 0 aromatic heterocycles. The number of benzene rings is 2. The van der Waals surface area contributed by atoms with Crippen LogP contribution in [-0.2, 0) is 20.7 Å². The summed E-state index contributed by atoms with van der Waals surface area (Å²) in [7, 11) is 1.57. The summed E-state index contributed by atoms with van der Waals surface area (Å²) in [5.74, 6) is 1.47. The Morgan fingerprint density at radius 1 is 0.963 bits per heavy atom. The number of phenols is 1. The number of rotatable bonds is 8. The highest BCUT2D eigenvalue weighted by Crippen LogP contribution is 2.36. The second kappa shape index (κ2) is 11.5. The van der Waals surface area contributed by atoms with E-state index in [0.717, 1.165) is 25.6 Å². The molecule has 0 atom stereocenters. The normalized spacial score (nSPS) is 10.7. The average Bonchev–Trinajstić information content (AvgIpc) is 2.61. The van der Waals surface area contributed by atoms with Gasteiger partial charge in [0.25, 0.3) is 0 Å². The highest BCUT2D eigenvalue weighted by atomic mass is 127. The van der Waals surface area contributed by atoms with Gasteiger partial charge in [-0.05, 0) is 127 Å². The van der Waals surface area contributed by atoms with Crippen molar-refractivity contribution in [3.63, 3.8) is 0 Å². The molecule has 0 unspecified atom stereocenters. The number of ether oxygens (including phenoxy) is 3. The van der Waals surface area contributed by atoms with Gasteiger partial charge < -0.3 is 19.3 Å². The Bertz CT molecular complexity index is 779. The van der Waals surface area contributed by atoms with Crippen LogP contribution in [-0.4, -0.2) is 31.4 Å². The summed E-state index contributed by atoms with van der Waals surface area (Å²) < 4.78 is 19.4. The van der Waals surface area contributed by atoms with Crippen LogP contribution >= 0.6 is 90.4 Å². The minimum Gasteiger partial charge on any atom is -0.506 e. The molecule has 0 fully saturated rings. The van der Waals surface area contributed by atoms with E-state index in [1.807, 2.05) is 12.1 Å². The fraction of sp³-hybridized carbons (Fsp3) is 0.278. The first-order chi connectivity index (χ1) is 12.8. The Kier molecular flexibility index (Phi) is 10.1. The number of phenolic OH excluding ortho intramolecular Hbond substituents is 1. The largest absolute Gasteiger partial charge is 0.506 e. The molecule has 0 bridgehead atoms. The SMILES string of the molecule is COCCOC(=O)CCc1cc(I)c(Oc2cc(I)c(O)c(I)c2)c(I)c1. The minimum absolute atomic E-state index is 0.231. The lowest BCUT2D eigenvalue weighted by molar-refractivity contribution is -0.144. The van der Waals surface area contributed by atoms with Gasteiger partial charge in [0.05, 0.1) is 20.9 Å². The molecule has 0 aliphatic rings. The number of esters is 1. The van der Waals surface area contributed by atoms with Gasteiger partial charge in [0.1, 0.15) is 18.1 Å². The molecule has 5 nitrogen and oxygen atoms in total. The zero-order chi connectivity index (χ0) is 20.0. The van der Waals surface area contributed by atoms with Crippen LogP contribution in [0.15, 0.2) is 24.3 Å². The predicted octanol–water partition coefficient (Wildman–Crippen LogP) is 5.73. The zero-order valence-corrected chi connectivity index (χ0v) is 22.9. The molecule has 1 N–H and O–H groups in total. The maximum Gasteiger partial charge on any atom is 0.306 e. The van der Waals surface area contributed by atoms with Gasteiger partial charge in [0.15, 0.2) is 5.75 Å². The van der Waals surface area contributed by atoms with E-state index in [1.165, 1.54) is 0 Å². The summed E-state index contributed by atoms with van der Waals surface area (Å²) in [6.45, 7) is 0.685. The van der Waals surface area contributed by atoms with Gasteiger partial charge in [0.2, 0.25) is 0 Å². The predicted molar refractivity (Wildman–Crippen MR) is 137 cm³/mol. The average molecular weight is 820 g/mol. The van der Waals surface area contributed by atoms with E-state index >= 15 is 0 Å². The second-order valence-electron chi connectivity index (χ2n) is 5.44. The van der Waals surface area contributed by atoms with E-state index in [2.05, 4.69) is 90.4 Å². The highest BCUT2D eigenvalue weighted by Gasteiger charge is 2.14. The van der Waals surface area contributed by atoms with E-state index in [1.54, 1.807) is 19.2 Å². The van der Waals surface area contributed by atoms with Crippen LogP contribution in [0, 0.1) is 14.3 Å². The van der Waals surface area contributed by atoms with Gasteiger partial charge in [-0.15, -0.1) is 0 Å². The van der Waals surface area contributed by atoms with E-state index in [9.17, 15) is 9.90 Å². The standard InChI is InChI=1S/C18H16I4O5/c1-25-4-5-26-16(23)3-2-10-6-14(21)18(15(22)7-10)27-11-8-12(19)17(24)13(20)9-11/h6-9,24H,2-5H2,1H3. The molecule has 0 saturated heterocycles. The number of aryl methyl sites for hydroxylation is 1. The molecule has 146 valence electrons. The molecule has 2 rings (SSSR count). The molecule has 0 amide bonds. The Hall–Kier alpha value is 0.390. The van der Waals surface area contributed by atoms with E-state index < -0.39 is 0 Å². The Morgan fingerprint density at radius 2 is 1.56 bits per heavy atom. The van der Waals surface area contributed by atoms with Crippen molar-refractivity contribution in [2.24, 2.45) is 0 Å². The van der Waals surface area contributed by atoms with Crippen molar-refractivity contribution in [1.82, 2.24) is 0 Å². The number of carbonyl (C=O) groups excluding carboxylic acids is 1. The minimum atomic E-state index is -0.231. The summed E-state index contributed by atoms with van der Waals surface area (Å²) in [6.07, 6.45) is 0.928. The monoisotopic (exact) mass is 820 g/mol. The third-order valence-corrected chi connectivity index (χ3v) is 6.68. The Morgan fingerprint density at radius 3 is 2.11 bits per heavy atom. The fourth-order valence-electron chi connectivity index (χ4n) is 2.13. The lowest BCUT2D eigenvalue weighted by Gasteiger charge is -2.13. The smallest absolute Gasteiger partial charge is 0.306 e. The molecular weight excluding hydrogens is 804 g/mol. The molecule has 2 aromatic carbocycles. The van der Waals surface area contributed by atoms with Crippen molar-refractivity contribution < 1.29 is 24.1 Å². The van der Waals surface area contributed by atoms with Crippen LogP contribution in [0.25, 0.3) is 0 Å². The topological polar surface area (TPSA) is 65.0 Å². The van der Waals surface area contributed by atoms with E-state index in [-0.39, 0.29) is 18.3 Å². The van der Waals surface area contributed by atoms with Crippen molar-refractivity contribution >= 4 is 96.3 Å². The van der Waals surface area contributed by atoms with Crippen molar-refractivity contribution in [3.05, 3.63) is 44.1 Å². The number of aromatic hydroxyl groups is 1. The number of carbonyl (C=O) groups is 1. The fourth-order valence-corrected chi connectivity index (χ4v) is 5.96. The molecule has 0 aliphatic heterocycles. The molecule has 0 aliphatic carbocycles. The van der Waals surface area contributed by atoms with Gasteiger partial charge in [-0.25, -0.2) is 0 Å². The van der Waals surface area contributed by atoms with Gasteiger partial charge in [-0.3, -0.25) is 4.79 Å². The summed E-state index contributed by atoms with van der Waals surface area (Å²) in [5, 5.41) is 9.90. The van der Waals surface area contributed by atoms with E-state index in [4.69, 9.17) is 14.2 Å². The molecule has 0 heterocycles. The van der Waals surface area contributed by atoms with Gasteiger partial charge in [0, 0.05) is 13.5 Å². The number of hydrogen-bond donors (Lipinski definition) is 1. The zero-order valence-electron chi connectivity index (χ0n) is 14.2. The van der Waals surface area contributed by atoms with Crippen LogP contribution in [0.3, 0.4) is 0 Å². The summed E-state index contributed by atoms with van der Waals surface area (Å²) in [6, 6.07) is 7.62. The summed E-state index contributed by atoms with van der Waals surface area (Å²) in [5.41, 5.74) is 1.05. The summed E-state index contributed by atoms with van der Waals surface area (Å²) >= 11 is 8.62. The van der Waals surface area contributed by atoms with Crippen molar-refractivity contribution in [2.75, 3.05) is 20.3 Å². The first kappa shape index (κ1) is 23.7. The molecule has 0 radical (unpaired) electrons. The maximum absolute atomic E-state index is 11.7. The Labute approximate surface area is 212 Å². The van der Waals surface area contributed by atoms with Crippen LogP contribution in [0.5, 0.6) is 17.2 Å².